The molecule has 2 aromatic rings. The van der Waals surface area contributed by atoms with Gasteiger partial charge < -0.3 is 24.4 Å². The third-order valence-electron chi connectivity index (χ3n) is 5.43. The van der Waals surface area contributed by atoms with Crippen molar-refractivity contribution < 1.29 is 19.0 Å². The van der Waals surface area contributed by atoms with Gasteiger partial charge in [0.25, 0.3) is 5.91 Å². The number of anilines is 1. The smallest absolute Gasteiger partial charge is 0.256 e. The molecule has 0 aliphatic carbocycles. The Balaban J connectivity index is 2.12. The van der Waals surface area contributed by atoms with Gasteiger partial charge in [-0.05, 0) is 52.2 Å². The molecule has 8 heteroatoms. The minimum Gasteiger partial charge on any atom is -0.493 e. The van der Waals surface area contributed by atoms with Gasteiger partial charge in [0.05, 0.1) is 21.3 Å². The Morgan fingerprint density at radius 2 is 1.81 bits per heavy atom. The molecule has 1 amide bonds. The second-order valence-electron chi connectivity index (χ2n) is 8.01. The monoisotopic (exact) mass is 428 g/mol. The first-order valence-corrected chi connectivity index (χ1v) is 10.6. The van der Waals surface area contributed by atoms with Crippen molar-refractivity contribution in [2.45, 2.75) is 52.1 Å². The summed E-state index contributed by atoms with van der Waals surface area (Å²) < 4.78 is 16.4. The van der Waals surface area contributed by atoms with E-state index in [2.05, 4.69) is 22.1 Å². The number of rotatable bonds is 7. The van der Waals surface area contributed by atoms with Crippen molar-refractivity contribution in [1.82, 2.24) is 15.3 Å². The maximum absolute atomic E-state index is 12.9. The van der Waals surface area contributed by atoms with Crippen LogP contribution >= 0.6 is 0 Å². The fourth-order valence-electron chi connectivity index (χ4n) is 3.85. The van der Waals surface area contributed by atoms with Gasteiger partial charge in [0, 0.05) is 30.4 Å². The molecule has 1 aromatic heterocycles. The van der Waals surface area contributed by atoms with Crippen LogP contribution in [0.2, 0.25) is 0 Å². The normalized spacial score (nSPS) is 16.2. The first-order chi connectivity index (χ1) is 14.9. The molecule has 1 fully saturated rings. The number of ether oxygens (including phenoxy) is 3. The number of carbonyl (C=O) groups excluding carboxylic acids is 1. The van der Waals surface area contributed by atoms with Crippen LogP contribution in [0.1, 0.15) is 50.4 Å². The van der Waals surface area contributed by atoms with Crippen molar-refractivity contribution in [3.63, 3.8) is 0 Å². The van der Waals surface area contributed by atoms with Gasteiger partial charge in [-0.1, -0.05) is 0 Å². The summed E-state index contributed by atoms with van der Waals surface area (Å²) >= 11 is 0. The Hall–Kier alpha value is -3.03. The highest BCUT2D eigenvalue weighted by molar-refractivity contribution is 5.99. The number of aromatic nitrogens is 2. The zero-order chi connectivity index (χ0) is 22.5. The summed E-state index contributed by atoms with van der Waals surface area (Å²) in [6.45, 7) is 6.90. The average Bonchev–Trinajstić information content (AvgIpc) is 2.77. The summed E-state index contributed by atoms with van der Waals surface area (Å²) in [4.78, 5) is 24.5. The summed E-state index contributed by atoms with van der Waals surface area (Å²) in [5.41, 5.74) is 1.20. The molecule has 0 spiro atoms. The summed E-state index contributed by atoms with van der Waals surface area (Å²) in [7, 11) is 4.71. The molecule has 0 bridgehead atoms. The Morgan fingerprint density at radius 1 is 1.13 bits per heavy atom. The highest BCUT2D eigenvalue weighted by Crippen LogP contribution is 2.41. The van der Waals surface area contributed by atoms with Crippen LogP contribution in [0.25, 0.3) is 11.4 Å². The molecule has 1 aliphatic heterocycles. The van der Waals surface area contributed by atoms with E-state index >= 15 is 0 Å². The number of benzene rings is 1. The van der Waals surface area contributed by atoms with E-state index in [4.69, 9.17) is 19.2 Å². The molecule has 1 N–H and O–H groups in total. The predicted octanol–water partition coefficient (Wildman–Crippen LogP) is 3.69. The summed E-state index contributed by atoms with van der Waals surface area (Å²) in [5, 5.41) is 2.96. The van der Waals surface area contributed by atoms with Crippen LogP contribution in [-0.2, 0) is 0 Å². The van der Waals surface area contributed by atoms with E-state index in [-0.39, 0.29) is 11.9 Å². The third-order valence-corrected chi connectivity index (χ3v) is 5.43. The van der Waals surface area contributed by atoms with Gasteiger partial charge in [0.2, 0.25) is 5.75 Å². The van der Waals surface area contributed by atoms with E-state index in [1.807, 2.05) is 26.0 Å². The van der Waals surface area contributed by atoms with E-state index in [1.165, 1.54) is 6.42 Å². The summed E-state index contributed by atoms with van der Waals surface area (Å²) in [6.07, 6.45) is 4.92. The molecular weight excluding hydrogens is 396 g/mol. The van der Waals surface area contributed by atoms with Crippen molar-refractivity contribution in [3.05, 3.63) is 23.9 Å². The highest BCUT2D eigenvalue weighted by Gasteiger charge is 2.26. The van der Waals surface area contributed by atoms with Gasteiger partial charge >= 0.3 is 0 Å². The van der Waals surface area contributed by atoms with E-state index in [1.54, 1.807) is 27.5 Å². The molecule has 0 unspecified atom stereocenters. The summed E-state index contributed by atoms with van der Waals surface area (Å²) in [6, 6.07) is 3.94. The Labute approximate surface area is 183 Å². The second kappa shape index (κ2) is 9.85. The molecule has 31 heavy (non-hydrogen) atoms. The van der Waals surface area contributed by atoms with Gasteiger partial charge in [-0.25, -0.2) is 9.97 Å². The molecule has 0 saturated carbocycles. The molecule has 1 saturated heterocycles. The van der Waals surface area contributed by atoms with E-state index in [0.717, 1.165) is 24.9 Å². The quantitative estimate of drug-likeness (QED) is 0.720. The first kappa shape index (κ1) is 22.7. The van der Waals surface area contributed by atoms with Gasteiger partial charge in [-0.3, -0.25) is 4.79 Å². The van der Waals surface area contributed by atoms with Crippen LogP contribution < -0.4 is 24.4 Å². The maximum atomic E-state index is 12.9. The summed E-state index contributed by atoms with van der Waals surface area (Å²) in [5.74, 6) is 2.54. The van der Waals surface area contributed by atoms with Crippen LogP contribution in [0.15, 0.2) is 18.3 Å². The lowest BCUT2D eigenvalue weighted by atomic mass is 10.0. The molecular formula is C23H32N4O4. The van der Waals surface area contributed by atoms with Gasteiger partial charge in [-0.2, -0.15) is 0 Å². The fraction of sp³-hybridized carbons (Fsp3) is 0.522. The zero-order valence-electron chi connectivity index (χ0n) is 19.2. The van der Waals surface area contributed by atoms with E-state index in [0.29, 0.717) is 40.5 Å². The van der Waals surface area contributed by atoms with E-state index < -0.39 is 0 Å². The van der Waals surface area contributed by atoms with Gasteiger partial charge in [0.15, 0.2) is 17.3 Å². The molecule has 168 valence electrons. The first-order valence-electron chi connectivity index (χ1n) is 10.6. The van der Waals surface area contributed by atoms with Crippen LogP contribution in [0.4, 0.5) is 5.82 Å². The minimum absolute atomic E-state index is 0.0221. The molecule has 1 atom stereocenters. The Bertz CT molecular complexity index is 907. The highest BCUT2D eigenvalue weighted by atomic mass is 16.5. The van der Waals surface area contributed by atoms with Crippen molar-refractivity contribution in [1.29, 1.82) is 0 Å². The standard InChI is InChI=1S/C23H32N4O4/c1-14(2)25-23(28)17-13-24-21(26-22(17)27-10-8-7-9-15(27)3)16-11-18(29-4)20(31-6)19(12-16)30-5/h11-15H,7-10H2,1-6H3,(H,25,28)/t15-/m0/s1. The van der Waals surface area contributed by atoms with Crippen molar-refractivity contribution in [3.8, 4) is 28.6 Å². The fourth-order valence-corrected chi connectivity index (χ4v) is 3.85. The molecule has 0 radical (unpaired) electrons. The topological polar surface area (TPSA) is 85.8 Å². The van der Waals surface area contributed by atoms with Crippen molar-refractivity contribution in [2.75, 3.05) is 32.8 Å². The Kier molecular flexibility index (Phi) is 7.20. The van der Waals surface area contributed by atoms with Gasteiger partial charge in [0.1, 0.15) is 11.4 Å². The van der Waals surface area contributed by atoms with Crippen LogP contribution in [0.5, 0.6) is 17.2 Å². The zero-order valence-corrected chi connectivity index (χ0v) is 19.2. The van der Waals surface area contributed by atoms with Crippen LogP contribution in [-0.4, -0.2) is 55.8 Å². The largest absolute Gasteiger partial charge is 0.493 e. The molecule has 1 aliphatic rings. The third kappa shape index (κ3) is 4.84. The van der Waals surface area contributed by atoms with Crippen LogP contribution in [0, 0.1) is 0 Å². The minimum atomic E-state index is -0.167. The van der Waals surface area contributed by atoms with Crippen molar-refractivity contribution in [2.24, 2.45) is 0 Å². The number of piperidine rings is 1. The molecule has 8 nitrogen and oxygen atoms in total. The number of nitrogens with one attached hydrogen (secondary N) is 1. The number of hydrogen-bond acceptors (Lipinski definition) is 7. The number of hydrogen-bond donors (Lipinski definition) is 1. The second-order valence-corrected chi connectivity index (χ2v) is 8.01. The molecule has 2 heterocycles. The predicted molar refractivity (Wildman–Crippen MR) is 120 cm³/mol. The number of amides is 1. The lowest BCUT2D eigenvalue weighted by Crippen LogP contribution is -2.40. The average molecular weight is 429 g/mol. The molecule has 1 aromatic carbocycles. The van der Waals surface area contributed by atoms with Gasteiger partial charge in [-0.15, -0.1) is 0 Å². The lowest BCUT2D eigenvalue weighted by molar-refractivity contribution is 0.0942. The number of methoxy groups -OCH3 is 3. The SMILES string of the molecule is COc1cc(-c2ncc(C(=O)NC(C)C)c(N3CCCC[C@@H]3C)n2)cc(OC)c1OC. The van der Waals surface area contributed by atoms with E-state index in [9.17, 15) is 4.79 Å². The Morgan fingerprint density at radius 3 is 2.35 bits per heavy atom. The number of nitrogens with zero attached hydrogens (tertiary/aromatic N) is 3. The number of carbonyl (C=O) groups is 1. The maximum Gasteiger partial charge on any atom is 0.256 e. The lowest BCUT2D eigenvalue weighted by Gasteiger charge is -2.35. The molecule has 3 rings (SSSR count). The van der Waals surface area contributed by atoms with Crippen molar-refractivity contribution >= 4 is 11.7 Å². The van der Waals surface area contributed by atoms with Crippen LogP contribution in [0.3, 0.4) is 0 Å².